The van der Waals surface area contributed by atoms with Gasteiger partial charge in [-0.1, -0.05) is 29.8 Å². The molecular formula is C22H22ClN3O2. The van der Waals surface area contributed by atoms with Gasteiger partial charge in [0.1, 0.15) is 11.6 Å². The van der Waals surface area contributed by atoms with Gasteiger partial charge in [-0.15, -0.1) is 0 Å². The summed E-state index contributed by atoms with van der Waals surface area (Å²) in [5.41, 5.74) is 3.34. The smallest absolute Gasteiger partial charge is 0.257 e. The Balaban J connectivity index is 1.53. The molecule has 0 aliphatic carbocycles. The van der Waals surface area contributed by atoms with E-state index in [0.717, 1.165) is 30.1 Å². The Morgan fingerprint density at radius 3 is 2.57 bits per heavy atom. The SMILES string of the molecule is COc1ccc(CCNc2ccc(C(=O)Nc3cc(Cl)ccc3C)cn2)cc1. The Morgan fingerprint density at radius 1 is 1.11 bits per heavy atom. The fourth-order valence-corrected chi connectivity index (χ4v) is 2.86. The van der Waals surface area contributed by atoms with Crippen molar-refractivity contribution in [2.24, 2.45) is 0 Å². The van der Waals surface area contributed by atoms with E-state index in [4.69, 9.17) is 16.3 Å². The fourth-order valence-electron chi connectivity index (χ4n) is 2.68. The first-order valence-corrected chi connectivity index (χ1v) is 9.33. The Hall–Kier alpha value is -3.05. The van der Waals surface area contributed by atoms with Gasteiger partial charge in [-0.05, 0) is 60.9 Å². The molecule has 1 heterocycles. The molecular weight excluding hydrogens is 374 g/mol. The summed E-state index contributed by atoms with van der Waals surface area (Å²) >= 11 is 6.00. The molecule has 28 heavy (non-hydrogen) atoms. The molecule has 3 rings (SSSR count). The molecule has 5 nitrogen and oxygen atoms in total. The van der Waals surface area contributed by atoms with Crippen LogP contribution in [0.2, 0.25) is 5.02 Å². The maximum Gasteiger partial charge on any atom is 0.257 e. The topological polar surface area (TPSA) is 63.2 Å². The van der Waals surface area contributed by atoms with Crippen molar-refractivity contribution in [1.82, 2.24) is 4.98 Å². The molecule has 0 saturated heterocycles. The van der Waals surface area contributed by atoms with Crippen LogP contribution in [-0.2, 0) is 6.42 Å². The molecule has 2 N–H and O–H groups in total. The van der Waals surface area contributed by atoms with Crippen LogP contribution in [0.1, 0.15) is 21.5 Å². The highest BCUT2D eigenvalue weighted by Gasteiger charge is 2.09. The van der Waals surface area contributed by atoms with Gasteiger partial charge in [0.15, 0.2) is 0 Å². The van der Waals surface area contributed by atoms with Crippen LogP contribution in [0, 0.1) is 6.92 Å². The second kappa shape index (κ2) is 9.24. The number of carbonyl (C=O) groups is 1. The van der Waals surface area contributed by atoms with Crippen LogP contribution in [0.3, 0.4) is 0 Å². The highest BCUT2D eigenvalue weighted by atomic mass is 35.5. The number of pyridine rings is 1. The minimum atomic E-state index is -0.220. The molecule has 0 atom stereocenters. The minimum Gasteiger partial charge on any atom is -0.497 e. The standard InChI is InChI=1S/C22H22ClN3O2/c1-15-3-7-18(23)13-20(15)26-22(27)17-6-10-21(25-14-17)24-12-11-16-4-8-19(28-2)9-5-16/h3-10,13-14H,11-12H2,1-2H3,(H,24,25)(H,26,27). The third kappa shape index (κ3) is 5.24. The second-order valence-electron chi connectivity index (χ2n) is 6.37. The van der Waals surface area contributed by atoms with Gasteiger partial charge >= 0.3 is 0 Å². The third-order valence-electron chi connectivity index (χ3n) is 4.35. The Morgan fingerprint density at radius 2 is 1.89 bits per heavy atom. The van der Waals surface area contributed by atoms with E-state index in [9.17, 15) is 4.79 Å². The number of hydrogen-bond acceptors (Lipinski definition) is 4. The summed E-state index contributed by atoms with van der Waals surface area (Å²) in [5.74, 6) is 1.35. The second-order valence-corrected chi connectivity index (χ2v) is 6.81. The first-order valence-electron chi connectivity index (χ1n) is 8.95. The number of nitrogens with one attached hydrogen (secondary N) is 2. The van der Waals surface area contributed by atoms with E-state index < -0.39 is 0 Å². The van der Waals surface area contributed by atoms with Crippen LogP contribution in [-0.4, -0.2) is 24.5 Å². The van der Waals surface area contributed by atoms with Crippen molar-refractivity contribution in [1.29, 1.82) is 0 Å². The van der Waals surface area contributed by atoms with E-state index in [0.29, 0.717) is 16.3 Å². The molecule has 0 radical (unpaired) electrons. The predicted molar refractivity (Wildman–Crippen MR) is 114 cm³/mol. The summed E-state index contributed by atoms with van der Waals surface area (Å²) in [5, 5.41) is 6.71. The van der Waals surface area contributed by atoms with Crippen molar-refractivity contribution in [2.45, 2.75) is 13.3 Å². The molecule has 0 spiro atoms. The lowest BCUT2D eigenvalue weighted by Crippen LogP contribution is -2.13. The van der Waals surface area contributed by atoms with Crippen LogP contribution < -0.4 is 15.4 Å². The van der Waals surface area contributed by atoms with Crippen LogP contribution in [0.25, 0.3) is 0 Å². The molecule has 0 aliphatic heterocycles. The lowest BCUT2D eigenvalue weighted by atomic mass is 10.1. The maximum atomic E-state index is 12.4. The maximum absolute atomic E-state index is 12.4. The van der Waals surface area contributed by atoms with Gasteiger partial charge in [0.2, 0.25) is 0 Å². The molecule has 1 aromatic heterocycles. The van der Waals surface area contributed by atoms with Crippen molar-refractivity contribution in [3.05, 3.63) is 82.5 Å². The number of carbonyl (C=O) groups excluding carboxylic acids is 1. The third-order valence-corrected chi connectivity index (χ3v) is 4.59. The predicted octanol–water partition coefficient (Wildman–Crippen LogP) is 4.96. The first kappa shape index (κ1) is 19.7. The Labute approximate surface area is 169 Å². The molecule has 0 unspecified atom stereocenters. The van der Waals surface area contributed by atoms with Gasteiger partial charge in [-0.25, -0.2) is 4.98 Å². The number of amides is 1. The van der Waals surface area contributed by atoms with E-state index in [1.54, 1.807) is 37.6 Å². The normalized spacial score (nSPS) is 10.4. The number of rotatable bonds is 7. The Kier molecular flexibility index (Phi) is 6.50. The van der Waals surface area contributed by atoms with Gasteiger partial charge in [0.05, 0.1) is 12.7 Å². The van der Waals surface area contributed by atoms with E-state index >= 15 is 0 Å². The van der Waals surface area contributed by atoms with E-state index in [1.807, 2.05) is 37.3 Å². The van der Waals surface area contributed by atoms with Crippen molar-refractivity contribution >= 4 is 29.0 Å². The van der Waals surface area contributed by atoms with Gasteiger partial charge in [-0.3, -0.25) is 4.79 Å². The monoisotopic (exact) mass is 395 g/mol. The Bertz CT molecular complexity index is 941. The molecule has 1 amide bonds. The average molecular weight is 396 g/mol. The van der Waals surface area contributed by atoms with Gasteiger partial charge in [0, 0.05) is 23.5 Å². The summed E-state index contributed by atoms with van der Waals surface area (Å²) in [4.78, 5) is 16.7. The molecule has 3 aromatic rings. The van der Waals surface area contributed by atoms with Crippen LogP contribution in [0.15, 0.2) is 60.8 Å². The number of aromatic nitrogens is 1. The number of hydrogen-bond donors (Lipinski definition) is 2. The number of methoxy groups -OCH3 is 1. The number of ether oxygens (including phenoxy) is 1. The molecule has 6 heteroatoms. The van der Waals surface area contributed by atoms with Crippen molar-refractivity contribution in [2.75, 3.05) is 24.3 Å². The van der Waals surface area contributed by atoms with Crippen molar-refractivity contribution in [3.8, 4) is 5.75 Å². The number of nitrogens with zero attached hydrogens (tertiary/aromatic N) is 1. The number of benzene rings is 2. The molecule has 0 fully saturated rings. The van der Waals surface area contributed by atoms with Crippen molar-refractivity contribution in [3.63, 3.8) is 0 Å². The first-order chi connectivity index (χ1) is 13.5. The van der Waals surface area contributed by atoms with Crippen LogP contribution in [0.5, 0.6) is 5.75 Å². The summed E-state index contributed by atoms with van der Waals surface area (Å²) in [6, 6.07) is 16.9. The van der Waals surface area contributed by atoms with Crippen molar-refractivity contribution < 1.29 is 9.53 Å². The molecule has 2 aromatic carbocycles. The molecule has 0 aliphatic rings. The van der Waals surface area contributed by atoms with Crippen LogP contribution in [0.4, 0.5) is 11.5 Å². The lowest BCUT2D eigenvalue weighted by Gasteiger charge is -2.10. The van der Waals surface area contributed by atoms with Gasteiger partial charge in [-0.2, -0.15) is 0 Å². The van der Waals surface area contributed by atoms with Gasteiger partial charge < -0.3 is 15.4 Å². The zero-order valence-electron chi connectivity index (χ0n) is 15.8. The summed E-state index contributed by atoms with van der Waals surface area (Å²) in [6.45, 7) is 2.66. The summed E-state index contributed by atoms with van der Waals surface area (Å²) in [6.07, 6.45) is 2.42. The molecule has 0 bridgehead atoms. The highest BCUT2D eigenvalue weighted by molar-refractivity contribution is 6.31. The zero-order chi connectivity index (χ0) is 19.9. The van der Waals surface area contributed by atoms with E-state index in [2.05, 4.69) is 15.6 Å². The quantitative estimate of drug-likeness (QED) is 0.593. The number of aryl methyl sites for hydroxylation is 1. The highest BCUT2D eigenvalue weighted by Crippen LogP contribution is 2.21. The number of halogens is 1. The largest absolute Gasteiger partial charge is 0.497 e. The fraction of sp³-hybridized carbons (Fsp3) is 0.182. The van der Waals surface area contributed by atoms with Gasteiger partial charge in [0.25, 0.3) is 5.91 Å². The van der Waals surface area contributed by atoms with E-state index in [1.165, 1.54) is 5.56 Å². The summed E-state index contributed by atoms with van der Waals surface area (Å²) in [7, 11) is 1.66. The summed E-state index contributed by atoms with van der Waals surface area (Å²) < 4.78 is 5.16. The lowest BCUT2D eigenvalue weighted by molar-refractivity contribution is 0.102. The average Bonchev–Trinajstić information content (AvgIpc) is 2.71. The van der Waals surface area contributed by atoms with Crippen LogP contribution >= 0.6 is 11.6 Å². The molecule has 144 valence electrons. The minimum absolute atomic E-state index is 0.220. The number of anilines is 2. The zero-order valence-corrected chi connectivity index (χ0v) is 16.6. The van der Waals surface area contributed by atoms with E-state index in [-0.39, 0.29) is 5.91 Å². The molecule has 0 saturated carbocycles.